The maximum Gasteiger partial charge on any atom is 0.113 e. The van der Waals surface area contributed by atoms with Gasteiger partial charge in [0.25, 0.3) is 0 Å². The molecule has 2 aromatic rings. The first-order valence-electron chi connectivity index (χ1n) is 4.87. The molecule has 0 aliphatic carbocycles. The third-order valence-electron chi connectivity index (χ3n) is 2.35. The first-order chi connectivity index (χ1) is 7.97. The quantitative estimate of drug-likeness (QED) is 0.729. The third kappa shape index (κ3) is 3.12. The van der Waals surface area contributed by atoms with Gasteiger partial charge in [-0.25, -0.2) is 0 Å². The monoisotopic (exact) mass is 394 g/mol. The lowest BCUT2D eigenvalue weighted by atomic mass is 10.1. The van der Waals surface area contributed by atoms with Crippen molar-refractivity contribution in [1.82, 2.24) is 0 Å². The Morgan fingerprint density at radius 2 is 1.94 bits per heavy atom. The summed E-state index contributed by atoms with van der Waals surface area (Å²) in [6, 6.07) is 7.43. The SMILES string of the molecule is Cc1cc(C(O)c2cc(Cl)cc(Br)c2)sc1Br. The number of rotatable bonds is 2. The van der Waals surface area contributed by atoms with Gasteiger partial charge in [0.2, 0.25) is 0 Å². The van der Waals surface area contributed by atoms with Crippen LogP contribution < -0.4 is 0 Å². The average Bonchev–Trinajstić information content (AvgIpc) is 2.57. The summed E-state index contributed by atoms with van der Waals surface area (Å²) in [5.41, 5.74) is 1.92. The van der Waals surface area contributed by atoms with Gasteiger partial charge in [-0.05, 0) is 58.2 Å². The summed E-state index contributed by atoms with van der Waals surface area (Å²) in [6.45, 7) is 2.00. The molecule has 1 heterocycles. The number of aliphatic hydroxyl groups excluding tert-OH is 1. The van der Waals surface area contributed by atoms with Crippen LogP contribution in [0.5, 0.6) is 0 Å². The third-order valence-corrected chi connectivity index (χ3v) is 5.21. The van der Waals surface area contributed by atoms with Gasteiger partial charge in [0, 0.05) is 14.4 Å². The number of benzene rings is 1. The Morgan fingerprint density at radius 1 is 1.24 bits per heavy atom. The first kappa shape index (κ1) is 13.6. The van der Waals surface area contributed by atoms with E-state index >= 15 is 0 Å². The van der Waals surface area contributed by atoms with E-state index in [1.165, 1.54) is 11.3 Å². The highest BCUT2D eigenvalue weighted by molar-refractivity contribution is 9.11. The van der Waals surface area contributed by atoms with Crippen molar-refractivity contribution in [3.63, 3.8) is 0 Å². The topological polar surface area (TPSA) is 20.2 Å². The fourth-order valence-electron chi connectivity index (χ4n) is 1.52. The number of hydrogen-bond acceptors (Lipinski definition) is 2. The number of hydrogen-bond donors (Lipinski definition) is 1. The molecule has 0 amide bonds. The molecule has 1 nitrogen and oxygen atoms in total. The molecule has 0 aliphatic heterocycles. The molecular formula is C12H9Br2ClOS. The molecule has 5 heteroatoms. The van der Waals surface area contributed by atoms with Gasteiger partial charge in [0.15, 0.2) is 0 Å². The van der Waals surface area contributed by atoms with Gasteiger partial charge in [-0.15, -0.1) is 11.3 Å². The fourth-order valence-corrected chi connectivity index (χ4v) is 3.99. The minimum Gasteiger partial charge on any atom is -0.383 e. The highest BCUT2D eigenvalue weighted by Gasteiger charge is 2.15. The molecule has 0 bridgehead atoms. The standard InChI is InChI=1S/C12H9Br2ClOS/c1-6-2-10(17-12(6)14)11(16)7-3-8(13)5-9(15)4-7/h2-5,11,16H,1H3. The minimum absolute atomic E-state index is 0.612. The molecule has 17 heavy (non-hydrogen) atoms. The van der Waals surface area contributed by atoms with E-state index in [4.69, 9.17) is 11.6 Å². The van der Waals surface area contributed by atoms with E-state index in [0.29, 0.717) is 5.02 Å². The van der Waals surface area contributed by atoms with Crippen molar-refractivity contribution in [3.8, 4) is 0 Å². The Kier molecular flexibility index (Phi) is 4.31. The minimum atomic E-state index is -0.639. The zero-order valence-electron chi connectivity index (χ0n) is 8.88. The normalized spacial score (nSPS) is 12.8. The van der Waals surface area contributed by atoms with Crippen molar-refractivity contribution in [2.75, 3.05) is 0 Å². The Labute approximate surface area is 126 Å². The van der Waals surface area contributed by atoms with Gasteiger partial charge in [-0.2, -0.15) is 0 Å². The van der Waals surface area contributed by atoms with Crippen LogP contribution in [0.3, 0.4) is 0 Å². The van der Waals surface area contributed by atoms with Crippen LogP contribution >= 0.6 is 54.8 Å². The van der Waals surface area contributed by atoms with Crippen LogP contribution in [0, 0.1) is 6.92 Å². The molecule has 0 spiro atoms. The molecule has 1 atom stereocenters. The highest BCUT2D eigenvalue weighted by Crippen LogP contribution is 2.35. The second-order valence-corrected chi connectivity index (χ2v) is 7.46. The summed E-state index contributed by atoms with van der Waals surface area (Å²) in [5.74, 6) is 0. The van der Waals surface area contributed by atoms with Crippen LogP contribution in [0.25, 0.3) is 0 Å². The van der Waals surface area contributed by atoms with E-state index < -0.39 is 6.10 Å². The molecule has 0 saturated carbocycles. The largest absolute Gasteiger partial charge is 0.383 e. The number of aryl methyl sites for hydroxylation is 1. The Bertz CT molecular complexity index is 514. The summed E-state index contributed by atoms with van der Waals surface area (Å²) < 4.78 is 1.92. The van der Waals surface area contributed by atoms with Crippen molar-refractivity contribution >= 4 is 54.8 Å². The van der Waals surface area contributed by atoms with Gasteiger partial charge in [0.05, 0.1) is 3.79 Å². The zero-order valence-corrected chi connectivity index (χ0v) is 13.6. The van der Waals surface area contributed by atoms with Crippen LogP contribution in [-0.2, 0) is 0 Å². The molecule has 1 aromatic carbocycles. The Balaban J connectivity index is 2.39. The predicted molar refractivity (Wildman–Crippen MR) is 80.0 cm³/mol. The lowest BCUT2D eigenvalue weighted by Gasteiger charge is -2.09. The van der Waals surface area contributed by atoms with Crippen molar-refractivity contribution in [3.05, 3.63) is 53.6 Å². The lowest BCUT2D eigenvalue weighted by Crippen LogP contribution is -1.96. The van der Waals surface area contributed by atoms with E-state index in [-0.39, 0.29) is 0 Å². The van der Waals surface area contributed by atoms with E-state index in [0.717, 1.165) is 24.3 Å². The molecule has 90 valence electrons. The molecule has 1 N–H and O–H groups in total. The summed E-state index contributed by atoms with van der Waals surface area (Å²) in [4.78, 5) is 0.906. The summed E-state index contributed by atoms with van der Waals surface area (Å²) in [5, 5.41) is 10.9. The van der Waals surface area contributed by atoms with Gasteiger partial charge in [-0.3, -0.25) is 0 Å². The van der Waals surface area contributed by atoms with Gasteiger partial charge in [-0.1, -0.05) is 27.5 Å². The lowest BCUT2D eigenvalue weighted by molar-refractivity contribution is 0.224. The molecule has 2 rings (SSSR count). The molecule has 0 aliphatic rings. The maximum absolute atomic E-state index is 10.3. The van der Waals surface area contributed by atoms with Crippen LogP contribution in [-0.4, -0.2) is 5.11 Å². The molecule has 0 saturated heterocycles. The highest BCUT2D eigenvalue weighted by atomic mass is 79.9. The first-order valence-corrected chi connectivity index (χ1v) is 7.65. The Hall–Kier alpha value is 0.130. The van der Waals surface area contributed by atoms with Crippen molar-refractivity contribution in [2.45, 2.75) is 13.0 Å². The van der Waals surface area contributed by atoms with Gasteiger partial charge in [0.1, 0.15) is 6.10 Å². The van der Waals surface area contributed by atoms with Gasteiger partial charge < -0.3 is 5.11 Å². The van der Waals surface area contributed by atoms with E-state index in [1.54, 1.807) is 12.1 Å². The Morgan fingerprint density at radius 3 is 2.47 bits per heavy atom. The van der Waals surface area contributed by atoms with Gasteiger partial charge >= 0.3 is 0 Å². The van der Waals surface area contributed by atoms with Crippen molar-refractivity contribution in [2.24, 2.45) is 0 Å². The van der Waals surface area contributed by atoms with E-state index in [2.05, 4.69) is 31.9 Å². The predicted octanol–water partition coefficient (Wildman–Crippen LogP) is 5.32. The van der Waals surface area contributed by atoms with E-state index in [1.807, 2.05) is 19.1 Å². The summed E-state index contributed by atoms with van der Waals surface area (Å²) in [6.07, 6.45) is -0.639. The van der Waals surface area contributed by atoms with Crippen molar-refractivity contribution < 1.29 is 5.11 Å². The van der Waals surface area contributed by atoms with Crippen LogP contribution in [0.2, 0.25) is 5.02 Å². The second kappa shape index (κ2) is 5.41. The summed E-state index contributed by atoms with van der Waals surface area (Å²) >= 11 is 14.3. The van der Waals surface area contributed by atoms with Crippen LogP contribution in [0.15, 0.2) is 32.5 Å². The molecule has 0 radical (unpaired) electrons. The van der Waals surface area contributed by atoms with Crippen LogP contribution in [0.4, 0.5) is 0 Å². The second-order valence-electron chi connectivity index (χ2n) is 3.71. The smallest absolute Gasteiger partial charge is 0.113 e. The molecule has 1 unspecified atom stereocenters. The summed E-state index contributed by atoms with van der Waals surface area (Å²) in [7, 11) is 0. The van der Waals surface area contributed by atoms with Crippen LogP contribution in [0.1, 0.15) is 22.1 Å². The van der Waals surface area contributed by atoms with E-state index in [9.17, 15) is 5.11 Å². The maximum atomic E-state index is 10.3. The zero-order chi connectivity index (χ0) is 12.6. The average molecular weight is 397 g/mol. The number of aliphatic hydroxyl groups is 1. The number of thiophene rings is 1. The molecule has 0 fully saturated rings. The van der Waals surface area contributed by atoms with Crippen molar-refractivity contribution in [1.29, 1.82) is 0 Å². The fraction of sp³-hybridized carbons (Fsp3) is 0.167. The molecular weight excluding hydrogens is 387 g/mol. The molecule has 1 aromatic heterocycles. The number of halogens is 3.